The molecule has 618 valence electrons. The molecule has 5 aliphatic heterocycles. The quantitative estimate of drug-likeness (QED) is 0.0148. The van der Waals surface area contributed by atoms with Crippen molar-refractivity contribution in [2.45, 2.75) is 199 Å². The highest BCUT2D eigenvalue weighted by atomic mass is 32.2. The van der Waals surface area contributed by atoms with E-state index >= 15 is 0 Å². The van der Waals surface area contributed by atoms with Crippen LogP contribution in [0.5, 0.6) is 0 Å². The largest absolute Gasteiger partial charge is 0.361 e. The van der Waals surface area contributed by atoms with Crippen LogP contribution < -0.4 is 30.7 Å². The third kappa shape index (κ3) is 22.3. The standard InChI is InChI=1S/C26H27N3O3.C24H23N3O3.C22H24N4O3S.C22H26N4O2/c1-4-20-15-27-25(28-20)22(30)12-18-6-5-17(19-13-23(31)29-24(32)14-19)11-21(18)16-7-9-26(2,3)10-8-16;1-2-19-14-25-24(26-19)21(28)11-17-9-8-16(18-12-22(29)27-23(30)13-18)10-20(17)15-6-4-3-5-7-15;1-23-22-10-9-20(26-22)21(27)12-17-8-7-16(18-13-24-30(28,29)25-14-18)11-19(17)15-5-3-2-4-6-15;1-14-11-23-21(26-14)20(27)10-17-8-7-16(18-12-24-22(28)25-13-18)9-19(17)15-5-3-2-4-6-15/h1,5-7,11,15,19H,8-10,12-14H2,2-3H3,(H,27,28)(H,29,31,32);1,6,8-10,14,18H,3-5,7,11-13H2,(H,25,26)(H,27,29,30);5,7-8,10-11,18,24-25H,2-4,6,9,12-14H2;5,7-9,11,18H,2-4,6,10,12-13H2,1H3,(H,23,26)(H2,24,25,28). The number of nitrogens with zero attached hydrogens (tertiary/aromatic N) is 5. The molecule has 4 aliphatic carbocycles. The number of hydrogen-bond acceptors (Lipinski definition) is 15. The normalized spacial score (nSPS) is 18.7. The van der Waals surface area contributed by atoms with Gasteiger partial charge in [-0.2, -0.15) is 8.42 Å². The lowest BCUT2D eigenvalue weighted by Gasteiger charge is -2.30. The Balaban J connectivity index is 0.000000138. The second-order valence-corrected chi connectivity index (χ2v) is 34.4. The van der Waals surface area contributed by atoms with Crippen LogP contribution in [0.1, 0.15) is 282 Å². The van der Waals surface area contributed by atoms with Crippen LogP contribution >= 0.6 is 0 Å². The molecule has 9 aliphatic rings. The van der Waals surface area contributed by atoms with Gasteiger partial charge in [-0.1, -0.05) is 135 Å². The molecule has 9 N–H and O–H groups in total. The van der Waals surface area contributed by atoms with Gasteiger partial charge in [-0.25, -0.2) is 29.2 Å². The SMILES string of the molecule is C#Cc1cnc(C(=O)Cc2ccc(C3CC(=O)NC(=O)C3)cc2C2=CCC(C)(C)CC2)[nH]1.C#Cc1cnc(C(=O)Cc2ccc(C3CC(=O)NC(=O)C3)cc2C2=CCCCC2)[nH]1.Cc1cnc(C(=O)Cc2ccc(C3CNC(=O)NC3)cc2C2=CCCCC2)[nH]1.[C-]#[N+]C1=CCC(C(=O)Cc2ccc(C3CNS(=O)(=O)NC3)cc2C2=CCCCC2)=N1. The second-order valence-electron chi connectivity index (χ2n) is 32.9. The molecule has 7 aromatic rings. The molecule has 4 aromatic carbocycles. The van der Waals surface area contributed by atoms with Crippen molar-refractivity contribution in [3.05, 3.63) is 240 Å². The molecule has 4 saturated heterocycles. The number of imide groups is 2. The van der Waals surface area contributed by atoms with Crippen LogP contribution in [0.2, 0.25) is 0 Å². The number of carbonyl (C=O) groups is 9. The lowest BCUT2D eigenvalue weighted by atomic mass is 9.75. The molecule has 120 heavy (non-hydrogen) atoms. The average Bonchev–Trinajstić information content (AvgIpc) is 1.22. The van der Waals surface area contributed by atoms with Gasteiger partial charge in [0.15, 0.2) is 23.2 Å². The van der Waals surface area contributed by atoms with Gasteiger partial charge in [-0.05, 0) is 198 Å². The first-order chi connectivity index (χ1) is 57.8. The predicted octanol–water partition coefficient (Wildman–Crippen LogP) is 13.6. The van der Waals surface area contributed by atoms with Gasteiger partial charge in [-0.3, -0.25) is 49.0 Å². The molecule has 8 heterocycles. The number of aromatic nitrogens is 6. The summed E-state index contributed by atoms with van der Waals surface area (Å²) in [5.74, 6) is 4.81. The monoisotopic (exact) mass is 1630 g/mol. The molecule has 4 fully saturated rings. The van der Waals surface area contributed by atoms with Crippen LogP contribution in [-0.4, -0.2) is 123 Å². The van der Waals surface area contributed by atoms with E-state index in [-0.39, 0.29) is 131 Å². The summed E-state index contributed by atoms with van der Waals surface area (Å²) in [7, 11) is -3.39. The Hall–Kier alpha value is -12.4. The van der Waals surface area contributed by atoms with Crippen molar-refractivity contribution in [2.24, 2.45) is 10.4 Å². The maximum atomic E-state index is 12.9. The molecular weight excluding hydrogens is 1530 g/mol. The van der Waals surface area contributed by atoms with Crippen LogP contribution in [0.15, 0.2) is 133 Å². The van der Waals surface area contributed by atoms with Crippen LogP contribution in [-0.2, 0) is 59.9 Å². The zero-order valence-corrected chi connectivity index (χ0v) is 68.8. The Kier molecular flexibility index (Phi) is 27.8. The number of nitrogens with one attached hydrogen (secondary N) is 9. The molecule has 0 spiro atoms. The topological polar surface area (TPSA) is 363 Å². The number of terminal acetylenes is 2. The summed E-state index contributed by atoms with van der Waals surface area (Å²) >= 11 is 0. The summed E-state index contributed by atoms with van der Waals surface area (Å²) in [5, 5.41) is 10.5. The third-order valence-electron chi connectivity index (χ3n) is 23.5. The van der Waals surface area contributed by atoms with Crippen LogP contribution in [0, 0.1) is 43.6 Å². The zero-order valence-electron chi connectivity index (χ0n) is 67.9. The molecule has 0 atom stereocenters. The van der Waals surface area contributed by atoms with E-state index in [0.717, 1.165) is 138 Å². The van der Waals surface area contributed by atoms with E-state index < -0.39 is 10.2 Å². The molecular formula is C94H100N14O11S. The number of aryl methyl sites for hydroxylation is 1. The number of ketones is 4. The van der Waals surface area contributed by atoms with Crippen LogP contribution in [0.3, 0.4) is 0 Å². The highest BCUT2D eigenvalue weighted by molar-refractivity contribution is 7.87. The fourth-order valence-electron chi connectivity index (χ4n) is 16.7. The first kappa shape index (κ1) is 85.5. The lowest BCUT2D eigenvalue weighted by Crippen LogP contribution is -2.47. The van der Waals surface area contributed by atoms with Crippen LogP contribution in [0.4, 0.5) is 4.79 Å². The van der Waals surface area contributed by atoms with Gasteiger partial charge in [0.25, 0.3) is 16.0 Å². The predicted molar refractivity (Wildman–Crippen MR) is 459 cm³/mol. The van der Waals surface area contributed by atoms with Crippen LogP contribution in [0.25, 0.3) is 27.1 Å². The Morgan fingerprint density at radius 3 is 1.23 bits per heavy atom. The van der Waals surface area contributed by atoms with Gasteiger partial charge < -0.3 is 30.4 Å². The van der Waals surface area contributed by atoms with Gasteiger partial charge in [0.2, 0.25) is 46.8 Å². The number of piperidine rings is 2. The number of H-pyrrole nitrogens is 3. The lowest BCUT2D eigenvalue weighted by molar-refractivity contribution is -0.135. The van der Waals surface area contributed by atoms with Gasteiger partial charge in [-0.15, -0.1) is 17.8 Å². The number of amides is 6. The van der Waals surface area contributed by atoms with E-state index in [0.29, 0.717) is 74.8 Å². The summed E-state index contributed by atoms with van der Waals surface area (Å²) in [6, 6.07) is 24.3. The summed E-state index contributed by atoms with van der Waals surface area (Å²) in [6.45, 7) is 15.4. The number of allylic oxidation sites excluding steroid dienone is 9. The fourth-order valence-corrected chi connectivity index (χ4v) is 17.7. The number of benzene rings is 4. The zero-order chi connectivity index (χ0) is 84.6. The summed E-state index contributed by atoms with van der Waals surface area (Å²) in [4.78, 5) is 139. The van der Waals surface area contributed by atoms with Crippen molar-refractivity contribution < 1.29 is 51.6 Å². The minimum atomic E-state index is -3.39. The van der Waals surface area contributed by atoms with Crippen molar-refractivity contribution in [3.8, 4) is 24.7 Å². The molecule has 16 rings (SSSR count). The Morgan fingerprint density at radius 1 is 0.492 bits per heavy atom. The van der Waals surface area contributed by atoms with Gasteiger partial charge >= 0.3 is 6.03 Å². The van der Waals surface area contributed by atoms with E-state index in [4.69, 9.17) is 19.4 Å². The summed E-state index contributed by atoms with van der Waals surface area (Å²) < 4.78 is 28.3. The summed E-state index contributed by atoms with van der Waals surface area (Å²) in [6.07, 6.45) is 44.7. The number of Topliss-reactive ketones (excluding diaryl/α,β-unsaturated/α-hetero) is 4. The van der Waals surface area contributed by atoms with E-state index in [1.165, 1.54) is 65.1 Å². The molecule has 0 bridgehead atoms. The molecule has 0 radical (unpaired) electrons. The van der Waals surface area contributed by atoms with Crippen molar-refractivity contribution in [2.75, 3.05) is 26.2 Å². The number of hydrogen-bond donors (Lipinski definition) is 9. The summed E-state index contributed by atoms with van der Waals surface area (Å²) in [5.41, 5.74) is 19.9. The molecule has 6 amide bonds. The van der Waals surface area contributed by atoms with Crippen molar-refractivity contribution in [1.82, 2.24) is 60.6 Å². The van der Waals surface area contributed by atoms with Crippen molar-refractivity contribution >= 4 is 91.0 Å². The molecule has 25 nitrogen and oxygen atoms in total. The molecule has 0 unspecified atom stereocenters. The first-order valence-corrected chi connectivity index (χ1v) is 42.8. The maximum Gasteiger partial charge on any atom is 0.314 e. The van der Waals surface area contributed by atoms with E-state index in [1.54, 1.807) is 12.3 Å². The van der Waals surface area contributed by atoms with E-state index in [2.05, 4.69) is 157 Å². The van der Waals surface area contributed by atoms with Crippen molar-refractivity contribution in [3.63, 3.8) is 0 Å². The number of aliphatic imine (C=N–C) groups is 1. The van der Waals surface area contributed by atoms with Crippen molar-refractivity contribution in [1.29, 1.82) is 0 Å². The minimum absolute atomic E-state index is 0.00473. The van der Waals surface area contributed by atoms with E-state index in [1.807, 2.05) is 43.3 Å². The number of imidazole rings is 3. The fraction of sp³-hybridized carbons (Fsp3) is 0.383. The van der Waals surface area contributed by atoms with Gasteiger partial charge in [0.1, 0.15) is 11.4 Å². The number of carbonyl (C=O) groups excluding carboxylic acids is 9. The number of urea groups is 1. The number of aromatic amines is 3. The van der Waals surface area contributed by atoms with Gasteiger partial charge in [0, 0.05) is 120 Å². The molecule has 3 aromatic heterocycles. The highest BCUT2D eigenvalue weighted by Gasteiger charge is 2.33. The maximum absolute atomic E-state index is 12.9. The Labute approximate surface area is 699 Å². The molecule has 26 heteroatoms. The Morgan fingerprint density at radius 2 is 0.875 bits per heavy atom. The molecule has 0 saturated carbocycles. The van der Waals surface area contributed by atoms with E-state index in [9.17, 15) is 51.6 Å². The Bertz CT molecular complexity index is 5610. The number of rotatable bonds is 20. The smallest absolute Gasteiger partial charge is 0.314 e. The third-order valence-corrected chi connectivity index (χ3v) is 24.6. The highest BCUT2D eigenvalue weighted by Crippen LogP contribution is 2.42. The van der Waals surface area contributed by atoms with Gasteiger partial charge in [0.05, 0.1) is 12.4 Å². The second kappa shape index (κ2) is 39.0. The average molecular weight is 1630 g/mol. The minimum Gasteiger partial charge on any atom is -0.361 e. The first-order valence-electron chi connectivity index (χ1n) is 41.4.